The molecular formula is C12H18N2. The summed E-state index contributed by atoms with van der Waals surface area (Å²) < 4.78 is 0. The lowest BCUT2D eigenvalue weighted by molar-refractivity contribution is 0.682. The van der Waals surface area contributed by atoms with Crippen LogP contribution in [-0.4, -0.2) is 12.6 Å². The summed E-state index contributed by atoms with van der Waals surface area (Å²) in [5.41, 5.74) is 8.38. The van der Waals surface area contributed by atoms with Crippen molar-refractivity contribution in [2.75, 3.05) is 6.54 Å². The topological polar surface area (TPSA) is 38.0 Å². The predicted octanol–water partition coefficient (Wildman–Crippen LogP) is 1.44. The van der Waals surface area contributed by atoms with Gasteiger partial charge in [-0.3, -0.25) is 0 Å². The van der Waals surface area contributed by atoms with Gasteiger partial charge < -0.3 is 11.1 Å². The minimum absolute atomic E-state index is 0.737. The summed E-state index contributed by atoms with van der Waals surface area (Å²) in [7, 11) is 0. The first-order chi connectivity index (χ1) is 6.90. The first kappa shape index (κ1) is 9.69. The van der Waals surface area contributed by atoms with Crippen LogP contribution in [0.25, 0.3) is 0 Å². The van der Waals surface area contributed by atoms with Gasteiger partial charge in [0.15, 0.2) is 0 Å². The van der Waals surface area contributed by atoms with E-state index in [1.807, 2.05) is 0 Å². The Kier molecular flexibility index (Phi) is 3.17. The van der Waals surface area contributed by atoms with Gasteiger partial charge in [-0.15, -0.1) is 0 Å². The third-order valence-electron chi connectivity index (χ3n) is 2.69. The summed E-state index contributed by atoms with van der Waals surface area (Å²) in [5, 5.41) is 3.53. The van der Waals surface area contributed by atoms with Gasteiger partial charge >= 0.3 is 0 Å². The molecule has 3 N–H and O–H groups in total. The molecule has 1 aromatic carbocycles. The fourth-order valence-electron chi connectivity index (χ4n) is 1.67. The van der Waals surface area contributed by atoms with E-state index in [-0.39, 0.29) is 0 Å². The van der Waals surface area contributed by atoms with Crippen LogP contribution in [0.3, 0.4) is 0 Å². The van der Waals surface area contributed by atoms with E-state index in [2.05, 4.69) is 29.6 Å². The fourth-order valence-corrected chi connectivity index (χ4v) is 1.67. The van der Waals surface area contributed by atoms with Gasteiger partial charge in [-0.25, -0.2) is 0 Å². The Labute approximate surface area is 85.5 Å². The quantitative estimate of drug-likeness (QED) is 0.737. The molecule has 0 atom stereocenters. The number of hydrogen-bond donors (Lipinski definition) is 2. The molecule has 1 aliphatic carbocycles. The Morgan fingerprint density at radius 1 is 1.21 bits per heavy atom. The number of nitrogens with two attached hydrogens (primary N) is 1. The monoisotopic (exact) mass is 190 g/mol. The smallest absolute Gasteiger partial charge is 0.0210 e. The molecule has 2 heteroatoms. The molecule has 0 aliphatic heterocycles. The summed E-state index contributed by atoms with van der Waals surface area (Å²) in [6.45, 7) is 1.74. The van der Waals surface area contributed by atoms with E-state index in [1.165, 1.54) is 24.0 Å². The number of rotatable bonds is 5. The van der Waals surface area contributed by atoms with Crippen LogP contribution in [0, 0.1) is 0 Å². The molecule has 1 saturated carbocycles. The molecular weight excluding hydrogens is 172 g/mol. The third kappa shape index (κ3) is 2.56. The summed E-state index contributed by atoms with van der Waals surface area (Å²) >= 11 is 0. The van der Waals surface area contributed by atoms with E-state index >= 15 is 0 Å². The standard InChI is InChI=1S/C12H18N2/c13-8-7-10-3-1-2-4-11(10)9-14-12-5-6-12/h1-4,12,14H,5-9,13H2. The van der Waals surface area contributed by atoms with Crippen molar-refractivity contribution in [2.24, 2.45) is 5.73 Å². The van der Waals surface area contributed by atoms with E-state index < -0.39 is 0 Å². The van der Waals surface area contributed by atoms with Gasteiger partial charge in [0, 0.05) is 12.6 Å². The summed E-state index contributed by atoms with van der Waals surface area (Å²) in [5.74, 6) is 0. The minimum Gasteiger partial charge on any atom is -0.330 e. The molecule has 2 rings (SSSR count). The Hall–Kier alpha value is -0.860. The first-order valence-electron chi connectivity index (χ1n) is 5.40. The van der Waals surface area contributed by atoms with Gasteiger partial charge in [0.05, 0.1) is 0 Å². The van der Waals surface area contributed by atoms with Crippen molar-refractivity contribution in [3.05, 3.63) is 35.4 Å². The summed E-state index contributed by atoms with van der Waals surface area (Å²) in [4.78, 5) is 0. The Morgan fingerprint density at radius 3 is 2.57 bits per heavy atom. The molecule has 2 nitrogen and oxygen atoms in total. The zero-order valence-electron chi connectivity index (χ0n) is 8.50. The number of nitrogens with one attached hydrogen (secondary N) is 1. The molecule has 0 radical (unpaired) electrons. The van der Waals surface area contributed by atoms with Crippen molar-refractivity contribution >= 4 is 0 Å². The average Bonchev–Trinajstić information content (AvgIpc) is 3.01. The first-order valence-corrected chi connectivity index (χ1v) is 5.40. The highest BCUT2D eigenvalue weighted by Gasteiger charge is 2.20. The zero-order valence-corrected chi connectivity index (χ0v) is 8.50. The molecule has 1 aliphatic rings. The summed E-state index contributed by atoms with van der Waals surface area (Å²) in [6, 6.07) is 9.34. The molecule has 0 saturated heterocycles. The Balaban J connectivity index is 1.97. The van der Waals surface area contributed by atoms with Crippen LogP contribution >= 0.6 is 0 Å². The molecule has 1 fully saturated rings. The number of benzene rings is 1. The SMILES string of the molecule is NCCc1ccccc1CNC1CC1. The van der Waals surface area contributed by atoms with Gasteiger partial charge in [0.2, 0.25) is 0 Å². The van der Waals surface area contributed by atoms with Crippen molar-refractivity contribution in [2.45, 2.75) is 31.8 Å². The van der Waals surface area contributed by atoms with Crippen molar-refractivity contribution in [1.29, 1.82) is 0 Å². The summed E-state index contributed by atoms with van der Waals surface area (Å²) in [6.07, 6.45) is 3.68. The van der Waals surface area contributed by atoms with E-state index in [9.17, 15) is 0 Å². The van der Waals surface area contributed by atoms with Crippen LogP contribution < -0.4 is 11.1 Å². The van der Waals surface area contributed by atoms with Crippen LogP contribution in [0.15, 0.2) is 24.3 Å². The second-order valence-corrected chi connectivity index (χ2v) is 3.96. The minimum atomic E-state index is 0.737. The van der Waals surface area contributed by atoms with Crippen molar-refractivity contribution in [3.63, 3.8) is 0 Å². The highest BCUT2D eigenvalue weighted by atomic mass is 14.9. The largest absolute Gasteiger partial charge is 0.330 e. The van der Waals surface area contributed by atoms with Gasteiger partial charge in [0.1, 0.15) is 0 Å². The van der Waals surface area contributed by atoms with E-state index in [1.54, 1.807) is 0 Å². The molecule has 0 heterocycles. The zero-order chi connectivity index (χ0) is 9.80. The molecule has 0 bridgehead atoms. The second kappa shape index (κ2) is 4.58. The van der Waals surface area contributed by atoms with Crippen molar-refractivity contribution < 1.29 is 0 Å². The molecule has 0 spiro atoms. The van der Waals surface area contributed by atoms with Crippen LogP contribution in [-0.2, 0) is 13.0 Å². The van der Waals surface area contributed by atoms with Gasteiger partial charge in [-0.2, -0.15) is 0 Å². The van der Waals surface area contributed by atoms with Gasteiger partial charge in [0.25, 0.3) is 0 Å². The highest BCUT2D eigenvalue weighted by molar-refractivity contribution is 5.27. The lowest BCUT2D eigenvalue weighted by Gasteiger charge is -2.08. The second-order valence-electron chi connectivity index (χ2n) is 3.96. The molecule has 0 amide bonds. The Bertz CT molecular complexity index is 292. The Morgan fingerprint density at radius 2 is 1.93 bits per heavy atom. The van der Waals surface area contributed by atoms with Crippen LogP contribution in [0.5, 0.6) is 0 Å². The molecule has 76 valence electrons. The molecule has 0 unspecified atom stereocenters. The maximum Gasteiger partial charge on any atom is 0.0210 e. The highest BCUT2D eigenvalue weighted by Crippen LogP contribution is 2.20. The molecule has 14 heavy (non-hydrogen) atoms. The van der Waals surface area contributed by atoms with E-state index in [0.717, 1.165) is 25.6 Å². The van der Waals surface area contributed by atoms with Crippen LogP contribution in [0.2, 0.25) is 0 Å². The predicted molar refractivity (Wildman–Crippen MR) is 59.1 cm³/mol. The van der Waals surface area contributed by atoms with Crippen molar-refractivity contribution in [1.82, 2.24) is 5.32 Å². The van der Waals surface area contributed by atoms with Crippen LogP contribution in [0.4, 0.5) is 0 Å². The van der Waals surface area contributed by atoms with E-state index in [4.69, 9.17) is 5.73 Å². The van der Waals surface area contributed by atoms with Crippen LogP contribution in [0.1, 0.15) is 24.0 Å². The molecule has 1 aromatic rings. The average molecular weight is 190 g/mol. The van der Waals surface area contributed by atoms with Crippen molar-refractivity contribution in [3.8, 4) is 0 Å². The third-order valence-corrected chi connectivity index (χ3v) is 2.69. The maximum absolute atomic E-state index is 5.58. The lowest BCUT2D eigenvalue weighted by atomic mass is 10.0. The van der Waals surface area contributed by atoms with E-state index in [0.29, 0.717) is 0 Å². The lowest BCUT2D eigenvalue weighted by Crippen LogP contribution is -2.17. The molecule has 0 aromatic heterocycles. The normalized spacial score (nSPS) is 15.8. The van der Waals surface area contributed by atoms with Gasteiger partial charge in [-0.1, -0.05) is 24.3 Å². The number of hydrogen-bond acceptors (Lipinski definition) is 2. The fraction of sp³-hybridized carbons (Fsp3) is 0.500. The maximum atomic E-state index is 5.58. The van der Waals surface area contributed by atoms with Gasteiger partial charge in [-0.05, 0) is 36.9 Å².